The van der Waals surface area contributed by atoms with Gasteiger partial charge in [-0.15, -0.1) is 0 Å². The average Bonchev–Trinajstić information content (AvgIpc) is 1.36. The van der Waals surface area contributed by atoms with Gasteiger partial charge in [-0.25, -0.2) is 0 Å². The third-order valence-electron chi connectivity index (χ3n) is 0.167. The van der Waals surface area contributed by atoms with Gasteiger partial charge in [0, 0.05) is 0 Å². The summed E-state index contributed by atoms with van der Waals surface area (Å²) in [5.74, 6) is -4.37. The molecule has 0 aromatic heterocycles. The van der Waals surface area contributed by atoms with Crippen LogP contribution in [0.25, 0.3) is 0 Å². The Balaban J connectivity index is -0.0000000208. The second kappa shape index (κ2) is 16.4. The molecular weight excluding hydrogens is 166 g/mol. The molecule has 0 spiro atoms. The Labute approximate surface area is 101 Å². The first-order chi connectivity index (χ1) is 2.64. The second-order valence-corrected chi connectivity index (χ2v) is 0.575. The van der Waals surface area contributed by atoms with Crippen LogP contribution in [0.3, 0.4) is 0 Å². The van der Waals surface area contributed by atoms with Crippen molar-refractivity contribution in [3.8, 4) is 0 Å². The van der Waals surface area contributed by atoms with Gasteiger partial charge in [-0.05, 0) is 0 Å². The van der Waals surface area contributed by atoms with Crippen LogP contribution in [0.4, 0.5) is 0 Å². The van der Waals surface area contributed by atoms with Gasteiger partial charge in [-0.1, -0.05) is 0 Å². The van der Waals surface area contributed by atoms with Crippen molar-refractivity contribution in [2.75, 3.05) is 0 Å². The molecule has 0 aliphatic rings. The number of rotatable bonds is 0. The van der Waals surface area contributed by atoms with Crippen LogP contribution >= 0.6 is 0 Å². The van der Waals surface area contributed by atoms with Gasteiger partial charge in [0.2, 0.25) is 0 Å². The van der Waals surface area contributed by atoms with Crippen LogP contribution in [-0.4, -0.2) is 22.9 Å². The van der Waals surface area contributed by atoms with E-state index in [-0.39, 0.29) is 70.1 Å². The molecule has 0 saturated carbocycles. The van der Waals surface area contributed by atoms with Crippen LogP contribution < -0.4 is 69.3 Å². The molecule has 0 heterocycles. The maximum Gasteiger partial charge on any atom is 1.00 e. The van der Waals surface area contributed by atoms with Crippen molar-refractivity contribution in [3.63, 3.8) is 0 Å². The Hall–Kier alpha value is 0.860. The van der Waals surface area contributed by atoms with Crippen LogP contribution in [0.5, 0.6) is 0 Å². The fraction of sp³-hybridized carbons (Fsp3) is 0. The molecule has 0 aliphatic heterocycles. The van der Waals surface area contributed by atoms with E-state index >= 15 is 0 Å². The monoisotopic (exact) mass is 170 g/mol. The first-order valence-electron chi connectivity index (χ1n) is 1.07. The van der Waals surface area contributed by atoms with Crippen molar-refractivity contribution in [2.24, 2.45) is 0 Å². The molecule has 4 N–H and O–H groups in total. The molecule has 0 aliphatic carbocycles. The third-order valence-corrected chi connectivity index (χ3v) is 0.167. The first-order valence-corrected chi connectivity index (χ1v) is 1.07. The number of carboxylic acid groups (broad SMARTS) is 2. The quantitative estimate of drug-likeness (QED) is 0.262. The van der Waals surface area contributed by atoms with E-state index in [0.29, 0.717) is 0 Å². The van der Waals surface area contributed by atoms with E-state index in [1.165, 1.54) is 0 Å². The van der Waals surface area contributed by atoms with Crippen molar-refractivity contribution in [1.29, 1.82) is 0 Å². The minimum atomic E-state index is -2.19. The SMILES string of the molecule is O.O.O=C([O-])C(=O)[O-].[Na+].[Na+]. The van der Waals surface area contributed by atoms with E-state index in [2.05, 4.69) is 0 Å². The Morgan fingerprint density at radius 1 is 0.800 bits per heavy atom. The summed E-state index contributed by atoms with van der Waals surface area (Å²) in [5, 5.41) is 17.9. The predicted molar refractivity (Wildman–Crippen MR) is 17.2 cm³/mol. The summed E-state index contributed by atoms with van der Waals surface area (Å²) in [6, 6.07) is 0. The molecule has 0 fully saturated rings. The summed E-state index contributed by atoms with van der Waals surface area (Å²) in [5.41, 5.74) is 0. The minimum Gasteiger partial charge on any atom is -0.543 e. The van der Waals surface area contributed by atoms with Crippen LogP contribution in [0.1, 0.15) is 0 Å². The van der Waals surface area contributed by atoms with Gasteiger partial charge >= 0.3 is 59.1 Å². The Morgan fingerprint density at radius 3 is 0.900 bits per heavy atom. The fourth-order valence-electron chi connectivity index (χ4n) is 0. The zero-order valence-electron chi connectivity index (χ0n) is 5.63. The predicted octanol–water partition coefficient (Wildman–Crippen LogP) is -11.2. The number of hydrogen-bond acceptors (Lipinski definition) is 4. The van der Waals surface area contributed by atoms with E-state index in [4.69, 9.17) is 19.8 Å². The van der Waals surface area contributed by atoms with Crippen LogP contribution in [0, 0.1) is 0 Å². The van der Waals surface area contributed by atoms with E-state index in [1.807, 2.05) is 0 Å². The molecule has 0 aromatic rings. The van der Waals surface area contributed by atoms with Gasteiger partial charge < -0.3 is 30.8 Å². The Morgan fingerprint density at radius 2 is 0.900 bits per heavy atom. The third kappa shape index (κ3) is 23.2. The number of aliphatic carboxylic acids is 2. The summed E-state index contributed by atoms with van der Waals surface area (Å²) in [6.45, 7) is 0. The summed E-state index contributed by atoms with van der Waals surface area (Å²) in [7, 11) is 0. The van der Waals surface area contributed by atoms with Gasteiger partial charge in [-0.2, -0.15) is 0 Å². The smallest absolute Gasteiger partial charge is 0.543 e. The van der Waals surface area contributed by atoms with Gasteiger partial charge in [0.15, 0.2) is 0 Å². The molecule has 0 unspecified atom stereocenters. The molecule has 0 saturated heterocycles. The normalized spacial score (nSPS) is 4.40. The fourth-order valence-corrected chi connectivity index (χ4v) is 0. The molecule has 0 amide bonds. The summed E-state index contributed by atoms with van der Waals surface area (Å²) >= 11 is 0. The molecule has 0 atom stereocenters. The average molecular weight is 170 g/mol. The number of carboxylic acids is 2. The van der Waals surface area contributed by atoms with Crippen molar-refractivity contribution in [2.45, 2.75) is 0 Å². The zero-order chi connectivity index (χ0) is 5.15. The van der Waals surface area contributed by atoms with Crippen LogP contribution in [-0.2, 0) is 9.59 Å². The van der Waals surface area contributed by atoms with Crippen molar-refractivity contribution in [3.05, 3.63) is 0 Å². The van der Waals surface area contributed by atoms with Crippen LogP contribution in [0.2, 0.25) is 0 Å². The van der Waals surface area contributed by atoms with Crippen molar-refractivity contribution < 1.29 is 89.9 Å². The van der Waals surface area contributed by atoms with Gasteiger partial charge in [0.1, 0.15) is 0 Å². The Kier molecular flexibility index (Phi) is 50.6. The first kappa shape index (κ1) is 30.7. The molecule has 50 valence electrons. The Bertz CT molecular complexity index is 79.7. The second-order valence-electron chi connectivity index (χ2n) is 0.575. The molecule has 8 heteroatoms. The zero-order valence-corrected chi connectivity index (χ0v) is 9.63. The summed E-state index contributed by atoms with van der Waals surface area (Å²) in [6.07, 6.45) is 0. The van der Waals surface area contributed by atoms with Gasteiger partial charge in [0.05, 0.1) is 11.9 Å². The molecule has 10 heavy (non-hydrogen) atoms. The van der Waals surface area contributed by atoms with E-state index < -0.39 is 11.9 Å². The maximum atomic E-state index is 8.93. The molecule has 0 radical (unpaired) electrons. The molecule has 0 rings (SSSR count). The topological polar surface area (TPSA) is 143 Å². The maximum absolute atomic E-state index is 8.93. The van der Waals surface area contributed by atoms with E-state index in [9.17, 15) is 0 Å². The molecule has 0 aromatic carbocycles. The van der Waals surface area contributed by atoms with Crippen LogP contribution in [0.15, 0.2) is 0 Å². The van der Waals surface area contributed by atoms with Crippen molar-refractivity contribution >= 4 is 11.9 Å². The molecule has 0 bridgehead atoms. The van der Waals surface area contributed by atoms with Crippen molar-refractivity contribution in [1.82, 2.24) is 0 Å². The minimum absolute atomic E-state index is 0. The summed E-state index contributed by atoms with van der Waals surface area (Å²) in [4.78, 5) is 17.9. The number of carbonyl (C=O) groups excluding carboxylic acids is 2. The standard InChI is InChI=1S/C2H2O4.2Na.2H2O/c3-1(4)2(5)6;;;;/h(H,3,4)(H,5,6);;;2*1H2/q;2*+1;;/p-2. The largest absolute Gasteiger partial charge is 1.00 e. The van der Waals surface area contributed by atoms with Gasteiger partial charge in [-0.3, -0.25) is 0 Å². The number of carbonyl (C=O) groups is 2. The molecular formula is C2H4Na2O6. The summed E-state index contributed by atoms with van der Waals surface area (Å²) < 4.78 is 0. The van der Waals surface area contributed by atoms with E-state index in [1.54, 1.807) is 0 Å². The molecule has 6 nitrogen and oxygen atoms in total. The van der Waals surface area contributed by atoms with Gasteiger partial charge in [0.25, 0.3) is 0 Å². The number of hydrogen-bond donors (Lipinski definition) is 0. The van der Waals surface area contributed by atoms with E-state index in [0.717, 1.165) is 0 Å².